The predicted octanol–water partition coefficient (Wildman–Crippen LogP) is 5.01. The highest BCUT2D eigenvalue weighted by Crippen LogP contribution is 2.39. The van der Waals surface area contributed by atoms with Crippen LogP contribution in [-0.2, 0) is 17.5 Å². The molecule has 28 heavy (non-hydrogen) atoms. The number of benzene rings is 1. The van der Waals surface area contributed by atoms with Crippen molar-refractivity contribution >= 4 is 5.97 Å². The Kier molecular flexibility index (Phi) is 7.69. The summed E-state index contributed by atoms with van der Waals surface area (Å²) in [6.07, 6.45) is -2.37. The lowest BCUT2D eigenvalue weighted by atomic mass is 9.93. The zero-order valence-corrected chi connectivity index (χ0v) is 16.2. The molecule has 1 aromatic rings. The lowest BCUT2D eigenvalue weighted by molar-refractivity contribution is -0.145. The number of carboxylic acid groups (broad SMARTS) is 1. The first-order valence-corrected chi connectivity index (χ1v) is 9.54. The molecule has 0 bridgehead atoms. The highest BCUT2D eigenvalue weighted by atomic mass is 19.4. The van der Waals surface area contributed by atoms with Gasteiger partial charge in [0, 0.05) is 18.5 Å². The summed E-state index contributed by atoms with van der Waals surface area (Å²) in [5, 5.41) is 9.44. The van der Waals surface area contributed by atoms with Crippen LogP contribution in [0.15, 0.2) is 12.1 Å². The topological polar surface area (TPSA) is 49.8 Å². The molecule has 1 atom stereocenters. The van der Waals surface area contributed by atoms with Gasteiger partial charge in [-0.3, -0.25) is 14.1 Å². The second kappa shape index (κ2) is 9.58. The number of ether oxygens (including phenoxy) is 1. The molecule has 1 fully saturated rings. The maximum atomic E-state index is 13.6. The normalized spacial score (nSPS) is 18.5. The number of carboxylic acids is 1. The number of alkyl halides is 4. The van der Waals surface area contributed by atoms with E-state index in [1.165, 1.54) is 6.07 Å². The maximum Gasteiger partial charge on any atom is 0.416 e. The van der Waals surface area contributed by atoms with Crippen molar-refractivity contribution in [1.29, 1.82) is 0 Å². The number of likely N-dealkylation sites (tertiary alicyclic amines) is 1. The van der Waals surface area contributed by atoms with E-state index in [9.17, 15) is 27.5 Å². The number of carbonyl (C=O) groups is 1. The number of nitrogens with zero attached hydrogens (tertiary/aromatic N) is 1. The second-order valence-electron chi connectivity index (χ2n) is 7.41. The summed E-state index contributed by atoms with van der Waals surface area (Å²) >= 11 is 0. The standard InChI is InChI=1S/C20H27F4NO3/c1-13(2)15-11-18(28-9-5-7-21)14(10-16(15)20(22,23)24)12-25-8-4-3-6-17(25)19(26)27/h10-11,13,17H,3-9,12H2,1-2H3,(H,26,27)/t17-/m0/s1. The van der Waals surface area contributed by atoms with Gasteiger partial charge in [-0.2, -0.15) is 13.2 Å². The molecule has 0 saturated carbocycles. The van der Waals surface area contributed by atoms with Crippen LogP contribution in [0.2, 0.25) is 0 Å². The highest BCUT2D eigenvalue weighted by Gasteiger charge is 2.36. The van der Waals surface area contributed by atoms with Crippen LogP contribution in [0.4, 0.5) is 17.6 Å². The van der Waals surface area contributed by atoms with Crippen LogP contribution >= 0.6 is 0 Å². The third kappa shape index (κ3) is 5.59. The van der Waals surface area contributed by atoms with Gasteiger partial charge in [-0.25, -0.2) is 0 Å². The van der Waals surface area contributed by atoms with Crippen molar-refractivity contribution < 1.29 is 32.2 Å². The van der Waals surface area contributed by atoms with Gasteiger partial charge < -0.3 is 9.84 Å². The largest absolute Gasteiger partial charge is 0.493 e. The Balaban J connectivity index is 2.44. The Morgan fingerprint density at radius 2 is 2.04 bits per heavy atom. The minimum atomic E-state index is -4.53. The summed E-state index contributed by atoms with van der Waals surface area (Å²) in [5.74, 6) is -1.09. The molecule has 1 aromatic carbocycles. The molecule has 1 N–H and O–H groups in total. The first kappa shape index (κ1) is 22.5. The van der Waals surface area contributed by atoms with Gasteiger partial charge in [0.25, 0.3) is 0 Å². The Hall–Kier alpha value is -1.83. The number of hydrogen-bond donors (Lipinski definition) is 1. The van der Waals surface area contributed by atoms with E-state index in [1.807, 2.05) is 0 Å². The van der Waals surface area contributed by atoms with Gasteiger partial charge in [0.2, 0.25) is 0 Å². The molecule has 0 amide bonds. The summed E-state index contributed by atoms with van der Waals surface area (Å²) in [6.45, 7) is 3.34. The fourth-order valence-electron chi connectivity index (χ4n) is 3.54. The smallest absolute Gasteiger partial charge is 0.416 e. The van der Waals surface area contributed by atoms with E-state index in [4.69, 9.17) is 4.74 Å². The highest BCUT2D eigenvalue weighted by molar-refractivity contribution is 5.73. The fourth-order valence-corrected chi connectivity index (χ4v) is 3.54. The van der Waals surface area contributed by atoms with Crippen molar-refractivity contribution in [3.05, 3.63) is 28.8 Å². The number of aliphatic carboxylic acids is 1. The molecule has 1 aliphatic heterocycles. The first-order chi connectivity index (χ1) is 13.1. The van der Waals surface area contributed by atoms with E-state index >= 15 is 0 Å². The van der Waals surface area contributed by atoms with Crippen LogP contribution < -0.4 is 4.74 Å². The summed E-state index contributed by atoms with van der Waals surface area (Å²) in [7, 11) is 0. The third-order valence-corrected chi connectivity index (χ3v) is 4.97. The van der Waals surface area contributed by atoms with Crippen LogP contribution in [0, 0.1) is 0 Å². The number of piperidine rings is 1. The van der Waals surface area contributed by atoms with E-state index in [1.54, 1.807) is 18.7 Å². The molecule has 2 rings (SSSR count). The van der Waals surface area contributed by atoms with Gasteiger partial charge in [-0.05, 0) is 43.0 Å². The average Bonchev–Trinajstić information content (AvgIpc) is 2.62. The van der Waals surface area contributed by atoms with E-state index in [-0.39, 0.29) is 42.4 Å². The Morgan fingerprint density at radius 3 is 2.61 bits per heavy atom. The molecule has 4 nitrogen and oxygen atoms in total. The second-order valence-corrected chi connectivity index (χ2v) is 7.41. The van der Waals surface area contributed by atoms with Gasteiger partial charge in [-0.1, -0.05) is 20.3 Å². The van der Waals surface area contributed by atoms with Crippen LogP contribution in [0.5, 0.6) is 5.75 Å². The SMILES string of the molecule is CC(C)c1cc(OCCCF)c(CN2CCCC[C@H]2C(=O)O)cc1C(F)(F)F. The van der Waals surface area contributed by atoms with Crippen molar-refractivity contribution in [2.75, 3.05) is 19.8 Å². The Bertz CT molecular complexity index is 676. The van der Waals surface area contributed by atoms with Crippen molar-refractivity contribution in [3.8, 4) is 5.75 Å². The average molecular weight is 405 g/mol. The monoisotopic (exact) mass is 405 g/mol. The van der Waals surface area contributed by atoms with E-state index < -0.39 is 30.4 Å². The van der Waals surface area contributed by atoms with E-state index in [2.05, 4.69) is 0 Å². The van der Waals surface area contributed by atoms with Crippen LogP contribution in [0.1, 0.15) is 62.1 Å². The number of halogens is 4. The van der Waals surface area contributed by atoms with Gasteiger partial charge in [-0.15, -0.1) is 0 Å². The molecular formula is C20H27F4NO3. The number of rotatable bonds is 8. The van der Waals surface area contributed by atoms with Crippen molar-refractivity contribution in [2.24, 2.45) is 0 Å². The van der Waals surface area contributed by atoms with Crippen LogP contribution in [-0.4, -0.2) is 41.8 Å². The van der Waals surface area contributed by atoms with Gasteiger partial charge in [0.05, 0.1) is 18.8 Å². The molecular weight excluding hydrogens is 378 g/mol. The molecule has 1 heterocycles. The lowest BCUT2D eigenvalue weighted by Gasteiger charge is -2.33. The molecule has 8 heteroatoms. The molecule has 0 radical (unpaired) electrons. The fraction of sp³-hybridized carbons (Fsp3) is 0.650. The minimum absolute atomic E-state index is 0.0450. The van der Waals surface area contributed by atoms with Crippen molar-refractivity contribution in [2.45, 2.75) is 64.2 Å². The summed E-state index contributed by atoms with van der Waals surface area (Å²) in [4.78, 5) is 13.2. The molecule has 0 aliphatic carbocycles. The first-order valence-electron chi connectivity index (χ1n) is 9.54. The zero-order chi connectivity index (χ0) is 20.9. The summed E-state index contributed by atoms with van der Waals surface area (Å²) in [6, 6.07) is 1.71. The predicted molar refractivity (Wildman–Crippen MR) is 97.3 cm³/mol. The molecule has 158 valence electrons. The number of hydrogen-bond acceptors (Lipinski definition) is 3. The van der Waals surface area contributed by atoms with E-state index in [0.29, 0.717) is 13.0 Å². The molecule has 1 aliphatic rings. The van der Waals surface area contributed by atoms with Gasteiger partial charge in [0.15, 0.2) is 0 Å². The van der Waals surface area contributed by atoms with Crippen LogP contribution in [0.3, 0.4) is 0 Å². The molecule has 0 unspecified atom stereocenters. The van der Waals surface area contributed by atoms with Crippen molar-refractivity contribution in [1.82, 2.24) is 4.90 Å². The quantitative estimate of drug-likeness (QED) is 0.488. The zero-order valence-electron chi connectivity index (χ0n) is 16.2. The van der Waals surface area contributed by atoms with Gasteiger partial charge in [0.1, 0.15) is 11.8 Å². The Morgan fingerprint density at radius 1 is 1.32 bits per heavy atom. The lowest BCUT2D eigenvalue weighted by Crippen LogP contribution is -2.44. The van der Waals surface area contributed by atoms with Crippen molar-refractivity contribution in [3.63, 3.8) is 0 Å². The maximum absolute atomic E-state index is 13.6. The Labute approximate surface area is 162 Å². The third-order valence-electron chi connectivity index (χ3n) is 4.97. The summed E-state index contributed by atoms with van der Waals surface area (Å²) < 4.78 is 58.9. The molecule has 0 aromatic heterocycles. The summed E-state index contributed by atoms with van der Waals surface area (Å²) in [5.41, 5.74) is -0.345. The minimum Gasteiger partial charge on any atom is -0.493 e. The molecule has 0 spiro atoms. The van der Waals surface area contributed by atoms with Gasteiger partial charge >= 0.3 is 12.1 Å². The van der Waals surface area contributed by atoms with E-state index in [0.717, 1.165) is 18.9 Å². The molecule has 1 saturated heterocycles. The van der Waals surface area contributed by atoms with Crippen LogP contribution in [0.25, 0.3) is 0 Å².